The molecule has 7 heteroatoms. The zero-order chi connectivity index (χ0) is 24.9. The Kier molecular flexibility index (Phi) is 6.98. The molecule has 2 aliphatic heterocycles. The van der Waals surface area contributed by atoms with Crippen molar-refractivity contribution in [2.75, 3.05) is 13.7 Å². The number of carbonyl (C=O) groups excluding carboxylic acids is 2. The van der Waals surface area contributed by atoms with Crippen LogP contribution in [0.1, 0.15) is 54.5 Å². The normalized spacial score (nSPS) is 18.6. The molecule has 5 rings (SSSR count). The van der Waals surface area contributed by atoms with E-state index in [0.29, 0.717) is 19.4 Å². The number of hydrazone groups is 1. The maximum atomic E-state index is 13.3. The molecule has 3 aromatic rings. The van der Waals surface area contributed by atoms with Crippen LogP contribution in [0.2, 0.25) is 0 Å². The van der Waals surface area contributed by atoms with E-state index in [1.807, 2.05) is 78.9 Å². The predicted molar refractivity (Wildman–Crippen MR) is 137 cm³/mol. The average molecular weight is 484 g/mol. The summed E-state index contributed by atoms with van der Waals surface area (Å²) in [6.45, 7) is 0.551. The summed E-state index contributed by atoms with van der Waals surface area (Å²) >= 11 is 0. The summed E-state index contributed by atoms with van der Waals surface area (Å²) in [4.78, 5) is 26.1. The van der Waals surface area contributed by atoms with E-state index in [1.165, 1.54) is 0 Å². The molecule has 0 bridgehead atoms. The first-order chi connectivity index (χ1) is 17.6. The molecule has 0 fully saturated rings. The zero-order valence-corrected chi connectivity index (χ0v) is 20.2. The first kappa shape index (κ1) is 23.6. The van der Waals surface area contributed by atoms with Gasteiger partial charge in [0.2, 0.25) is 11.8 Å². The quantitative estimate of drug-likeness (QED) is 0.524. The molecule has 1 N–H and O–H groups in total. The van der Waals surface area contributed by atoms with E-state index >= 15 is 0 Å². The Hall–Kier alpha value is -4.13. The second-order valence-corrected chi connectivity index (χ2v) is 8.94. The van der Waals surface area contributed by atoms with E-state index in [2.05, 4.69) is 5.32 Å². The lowest BCUT2D eigenvalue weighted by Gasteiger charge is -2.27. The molecule has 0 saturated carbocycles. The van der Waals surface area contributed by atoms with Crippen molar-refractivity contribution in [3.05, 3.63) is 95.6 Å². The molecule has 0 spiro atoms. The molecule has 184 valence electrons. The third-order valence-corrected chi connectivity index (χ3v) is 6.63. The highest BCUT2D eigenvalue weighted by atomic mass is 16.5. The second-order valence-electron chi connectivity index (χ2n) is 8.94. The summed E-state index contributed by atoms with van der Waals surface area (Å²) < 4.78 is 11.0. The van der Waals surface area contributed by atoms with Crippen molar-refractivity contribution in [1.82, 2.24) is 10.3 Å². The van der Waals surface area contributed by atoms with E-state index in [9.17, 15) is 9.59 Å². The lowest BCUT2D eigenvalue weighted by atomic mass is 9.98. The van der Waals surface area contributed by atoms with Gasteiger partial charge in [0.05, 0.1) is 31.5 Å². The summed E-state index contributed by atoms with van der Waals surface area (Å²) in [6.07, 6.45) is 1.48. The van der Waals surface area contributed by atoms with Gasteiger partial charge in [0.15, 0.2) is 0 Å². The summed E-state index contributed by atoms with van der Waals surface area (Å²) in [7, 11) is 1.63. The maximum absolute atomic E-state index is 13.3. The number of rotatable bonds is 7. The van der Waals surface area contributed by atoms with Crippen molar-refractivity contribution in [3.63, 3.8) is 0 Å². The van der Waals surface area contributed by atoms with Crippen molar-refractivity contribution < 1.29 is 19.1 Å². The molecule has 2 atom stereocenters. The SMILES string of the molecule is COc1ccc([C@@H]2CC(c3ccccc3)=NN2C(=O)CCC(=O)N[C@@H]2CCOc3ccccc32)cc1. The number of nitrogens with one attached hydrogen (secondary N) is 1. The minimum Gasteiger partial charge on any atom is -0.497 e. The molecule has 0 unspecified atom stereocenters. The Labute approximate surface area is 210 Å². The monoisotopic (exact) mass is 483 g/mol. The van der Waals surface area contributed by atoms with Gasteiger partial charge in [-0.05, 0) is 29.3 Å². The Balaban J connectivity index is 1.28. The van der Waals surface area contributed by atoms with Crippen molar-refractivity contribution in [3.8, 4) is 11.5 Å². The molecule has 0 aromatic heterocycles. The highest BCUT2D eigenvalue weighted by Gasteiger charge is 2.33. The molecule has 7 nitrogen and oxygen atoms in total. The summed E-state index contributed by atoms with van der Waals surface area (Å²) in [5.74, 6) is 1.22. The van der Waals surface area contributed by atoms with Crippen LogP contribution in [0.15, 0.2) is 84.0 Å². The van der Waals surface area contributed by atoms with Crippen LogP contribution in [0, 0.1) is 0 Å². The Bertz CT molecular complexity index is 1260. The molecule has 2 amide bonds. The highest BCUT2D eigenvalue weighted by molar-refractivity contribution is 6.03. The molecular formula is C29H29N3O4. The van der Waals surface area contributed by atoms with Crippen LogP contribution in [0.25, 0.3) is 0 Å². The highest BCUT2D eigenvalue weighted by Crippen LogP contribution is 2.35. The van der Waals surface area contributed by atoms with Crippen LogP contribution >= 0.6 is 0 Å². The number of para-hydroxylation sites is 1. The van der Waals surface area contributed by atoms with Gasteiger partial charge in [-0.25, -0.2) is 5.01 Å². The van der Waals surface area contributed by atoms with E-state index in [-0.39, 0.29) is 36.7 Å². The number of benzene rings is 3. The van der Waals surface area contributed by atoms with Gasteiger partial charge in [-0.15, -0.1) is 0 Å². The van der Waals surface area contributed by atoms with Gasteiger partial charge in [-0.2, -0.15) is 5.10 Å². The third kappa shape index (κ3) is 5.10. The molecule has 2 heterocycles. The van der Waals surface area contributed by atoms with E-state index < -0.39 is 0 Å². The lowest BCUT2D eigenvalue weighted by molar-refractivity contribution is -0.135. The van der Waals surface area contributed by atoms with Gasteiger partial charge in [0.1, 0.15) is 11.5 Å². The second kappa shape index (κ2) is 10.6. The van der Waals surface area contributed by atoms with Crippen molar-refractivity contribution in [2.24, 2.45) is 5.10 Å². The molecular weight excluding hydrogens is 454 g/mol. The van der Waals surface area contributed by atoms with Crippen LogP contribution < -0.4 is 14.8 Å². The van der Waals surface area contributed by atoms with Gasteiger partial charge in [-0.1, -0.05) is 60.7 Å². The van der Waals surface area contributed by atoms with Gasteiger partial charge in [0.25, 0.3) is 0 Å². The predicted octanol–water partition coefficient (Wildman–Crippen LogP) is 4.79. The lowest BCUT2D eigenvalue weighted by Crippen LogP contribution is -2.33. The molecule has 0 saturated heterocycles. The van der Waals surface area contributed by atoms with Gasteiger partial charge in [0, 0.05) is 31.2 Å². The fraction of sp³-hybridized carbons (Fsp3) is 0.276. The topological polar surface area (TPSA) is 80.2 Å². The van der Waals surface area contributed by atoms with Crippen LogP contribution in [-0.2, 0) is 9.59 Å². The fourth-order valence-electron chi connectivity index (χ4n) is 4.72. The van der Waals surface area contributed by atoms with Gasteiger partial charge >= 0.3 is 0 Å². The summed E-state index contributed by atoms with van der Waals surface area (Å²) in [5, 5.41) is 9.32. The van der Waals surface area contributed by atoms with Gasteiger partial charge < -0.3 is 14.8 Å². The average Bonchev–Trinajstić information content (AvgIpc) is 3.38. The minimum atomic E-state index is -0.232. The van der Waals surface area contributed by atoms with E-state index in [0.717, 1.165) is 33.9 Å². The standard InChI is InChI=1S/C29H29N3O4/c1-35-22-13-11-21(12-14-22)26-19-25(20-7-3-2-4-8-20)31-32(26)29(34)16-15-28(33)30-24-17-18-36-27-10-6-5-9-23(24)27/h2-14,24,26H,15-19H2,1H3,(H,30,33)/t24-,26+/m1/s1. The van der Waals surface area contributed by atoms with Crippen molar-refractivity contribution in [2.45, 2.75) is 37.8 Å². The van der Waals surface area contributed by atoms with Crippen molar-refractivity contribution >= 4 is 17.5 Å². The number of ether oxygens (including phenoxy) is 2. The van der Waals surface area contributed by atoms with Crippen LogP contribution in [0.5, 0.6) is 11.5 Å². The molecule has 0 radical (unpaired) electrons. The van der Waals surface area contributed by atoms with E-state index in [1.54, 1.807) is 12.1 Å². The molecule has 0 aliphatic carbocycles. The first-order valence-corrected chi connectivity index (χ1v) is 12.2. The fourth-order valence-corrected chi connectivity index (χ4v) is 4.72. The Morgan fingerprint density at radius 1 is 1.00 bits per heavy atom. The molecule has 36 heavy (non-hydrogen) atoms. The van der Waals surface area contributed by atoms with Crippen LogP contribution in [0.4, 0.5) is 0 Å². The van der Waals surface area contributed by atoms with Gasteiger partial charge in [-0.3, -0.25) is 9.59 Å². The number of hydrogen-bond donors (Lipinski definition) is 1. The largest absolute Gasteiger partial charge is 0.497 e. The number of fused-ring (bicyclic) bond motifs is 1. The zero-order valence-electron chi connectivity index (χ0n) is 20.2. The van der Waals surface area contributed by atoms with E-state index in [4.69, 9.17) is 14.6 Å². The first-order valence-electron chi connectivity index (χ1n) is 12.2. The molecule has 3 aromatic carbocycles. The summed E-state index contributed by atoms with van der Waals surface area (Å²) in [6, 6.07) is 25.0. The Morgan fingerprint density at radius 3 is 2.53 bits per heavy atom. The number of nitrogens with zero attached hydrogens (tertiary/aromatic N) is 2. The number of methoxy groups -OCH3 is 1. The Morgan fingerprint density at radius 2 is 1.75 bits per heavy atom. The smallest absolute Gasteiger partial charge is 0.243 e. The number of hydrogen-bond acceptors (Lipinski definition) is 5. The maximum Gasteiger partial charge on any atom is 0.243 e. The van der Waals surface area contributed by atoms with Crippen LogP contribution in [-0.4, -0.2) is 36.3 Å². The van der Waals surface area contributed by atoms with Crippen LogP contribution in [0.3, 0.4) is 0 Å². The van der Waals surface area contributed by atoms with Crippen molar-refractivity contribution in [1.29, 1.82) is 0 Å². The number of carbonyl (C=O) groups is 2. The minimum absolute atomic E-state index is 0.0783. The molecule has 2 aliphatic rings. The number of amides is 2. The third-order valence-electron chi connectivity index (χ3n) is 6.63. The summed E-state index contributed by atoms with van der Waals surface area (Å²) in [5.41, 5.74) is 3.79.